The maximum Gasteiger partial charge on any atom is 0.0898 e. The van der Waals surface area contributed by atoms with E-state index in [0.717, 1.165) is 24.1 Å². The lowest BCUT2D eigenvalue weighted by atomic mass is 9.95. The molecule has 2 heteroatoms. The lowest BCUT2D eigenvalue weighted by Gasteiger charge is -2.10. The van der Waals surface area contributed by atoms with Crippen LogP contribution >= 0.6 is 0 Å². The molecule has 1 saturated carbocycles. The highest BCUT2D eigenvalue weighted by Crippen LogP contribution is 2.28. The van der Waals surface area contributed by atoms with Gasteiger partial charge in [-0.05, 0) is 18.4 Å². The molecule has 1 aliphatic rings. The van der Waals surface area contributed by atoms with Gasteiger partial charge in [-0.25, -0.2) is 0 Å². The van der Waals surface area contributed by atoms with Crippen LogP contribution in [0.25, 0.3) is 0 Å². The van der Waals surface area contributed by atoms with Crippen LogP contribution in [0.4, 0.5) is 0 Å². The molecule has 0 amide bonds. The molecular formula is C12H15NO. The first-order valence-corrected chi connectivity index (χ1v) is 5.19. The lowest BCUT2D eigenvalue weighted by molar-refractivity contribution is 0.315. The highest BCUT2D eigenvalue weighted by Gasteiger charge is 2.22. The van der Waals surface area contributed by atoms with Gasteiger partial charge in [-0.15, -0.1) is 0 Å². The second kappa shape index (κ2) is 4.27. The van der Waals surface area contributed by atoms with Crippen LogP contribution in [0.15, 0.2) is 35.5 Å². The first-order chi connectivity index (χ1) is 6.92. The first kappa shape index (κ1) is 9.25. The van der Waals surface area contributed by atoms with Crippen LogP contribution in [0.5, 0.6) is 0 Å². The molecule has 0 aliphatic heterocycles. The maximum atomic E-state index is 9.03. The van der Waals surface area contributed by atoms with E-state index in [4.69, 9.17) is 5.21 Å². The fourth-order valence-corrected chi connectivity index (χ4v) is 2.18. The molecule has 1 aromatic rings. The van der Waals surface area contributed by atoms with Crippen molar-refractivity contribution >= 4 is 5.71 Å². The second-order valence-electron chi connectivity index (χ2n) is 3.83. The Morgan fingerprint density at radius 3 is 2.36 bits per heavy atom. The summed E-state index contributed by atoms with van der Waals surface area (Å²) in [4.78, 5) is 0. The summed E-state index contributed by atoms with van der Waals surface area (Å²) in [6, 6.07) is 9.96. The van der Waals surface area contributed by atoms with Gasteiger partial charge in [-0.1, -0.05) is 48.3 Å². The Kier molecular flexibility index (Phi) is 2.82. The van der Waals surface area contributed by atoms with E-state index in [9.17, 15) is 0 Å². The van der Waals surface area contributed by atoms with E-state index in [2.05, 4.69) is 5.16 Å². The van der Waals surface area contributed by atoms with Crippen LogP contribution < -0.4 is 0 Å². The van der Waals surface area contributed by atoms with Gasteiger partial charge in [0.25, 0.3) is 0 Å². The molecule has 0 atom stereocenters. The Labute approximate surface area is 84.3 Å². The van der Waals surface area contributed by atoms with Crippen LogP contribution in [0.2, 0.25) is 0 Å². The Hall–Kier alpha value is -1.31. The van der Waals surface area contributed by atoms with Crippen molar-refractivity contribution in [2.45, 2.75) is 25.7 Å². The standard InChI is InChI=1S/C12H15NO/c14-13-12(11-8-4-5-9-11)10-6-2-1-3-7-10/h1-3,6-7,11,14H,4-5,8-9H2. The summed E-state index contributed by atoms with van der Waals surface area (Å²) in [5.74, 6) is 0.461. The average molecular weight is 189 g/mol. The van der Waals surface area contributed by atoms with Crippen LogP contribution in [-0.2, 0) is 0 Å². The van der Waals surface area contributed by atoms with Crippen LogP contribution in [0, 0.1) is 5.92 Å². The molecule has 0 saturated heterocycles. The zero-order valence-corrected chi connectivity index (χ0v) is 8.19. The molecule has 2 rings (SSSR count). The van der Waals surface area contributed by atoms with E-state index in [1.54, 1.807) is 0 Å². The zero-order chi connectivity index (χ0) is 9.80. The fraction of sp³-hybridized carbons (Fsp3) is 0.417. The minimum absolute atomic E-state index is 0.461. The number of hydrogen-bond donors (Lipinski definition) is 1. The van der Waals surface area contributed by atoms with E-state index in [0.29, 0.717) is 5.92 Å². The summed E-state index contributed by atoms with van der Waals surface area (Å²) in [7, 11) is 0. The van der Waals surface area contributed by atoms with Crippen LogP contribution in [-0.4, -0.2) is 10.9 Å². The van der Waals surface area contributed by atoms with Gasteiger partial charge in [0.15, 0.2) is 0 Å². The van der Waals surface area contributed by atoms with Crippen molar-refractivity contribution in [1.29, 1.82) is 0 Å². The summed E-state index contributed by atoms with van der Waals surface area (Å²) < 4.78 is 0. The number of nitrogens with zero attached hydrogens (tertiary/aromatic N) is 1. The number of oxime groups is 1. The van der Waals surface area contributed by atoms with Crippen molar-refractivity contribution in [1.82, 2.24) is 0 Å². The molecule has 14 heavy (non-hydrogen) atoms. The van der Waals surface area contributed by atoms with Gasteiger partial charge in [0, 0.05) is 5.92 Å². The van der Waals surface area contributed by atoms with Crippen LogP contribution in [0.1, 0.15) is 31.2 Å². The van der Waals surface area contributed by atoms with Gasteiger partial charge in [0.05, 0.1) is 5.71 Å². The second-order valence-corrected chi connectivity index (χ2v) is 3.83. The minimum atomic E-state index is 0.461. The Balaban J connectivity index is 2.22. The number of benzene rings is 1. The fourth-order valence-electron chi connectivity index (χ4n) is 2.18. The van der Waals surface area contributed by atoms with E-state index >= 15 is 0 Å². The zero-order valence-electron chi connectivity index (χ0n) is 8.19. The third-order valence-corrected chi connectivity index (χ3v) is 2.92. The van der Waals surface area contributed by atoms with Crippen molar-refractivity contribution < 1.29 is 5.21 Å². The summed E-state index contributed by atoms with van der Waals surface area (Å²) >= 11 is 0. The summed E-state index contributed by atoms with van der Waals surface area (Å²) in [5.41, 5.74) is 1.92. The highest BCUT2D eigenvalue weighted by atomic mass is 16.4. The molecule has 0 unspecified atom stereocenters. The molecule has 0 aromatic heterocycles. The molecule has 2 nitrogen and oxygen atoms in total. The van der Waals surface area contributed by atoms with Crippen molar-refractivity contribution in [2.24, 2.45) is 11.1 Å². The molecule has 74 valence electrons. The van der Waals surface area contributed by atoms with Crippen LogP contribution in [0.3, 0.4) is 0 Å². The topological polar surface area (TPSA) is 32.6 Å². The van der Waals surface area contributed by atoms with E-state index in [-0.39, 0.29) is 0 Å². The largest absolute Gasteiger partial charge is 0.411 e. The lowest BCUT2D eigenvalue weighted by Crippen LogP contribution is -2.12. The van der Waals surface area contributed by atoms with E-state index in [1.165, 1.54) is 12.8 Å². The maximum absolute atomic E-state index is 9.03. The summed E-state index contributed by atoms with van der Waals surface area (Å²) in [6.45, 7) is 0. The molecule has 0 heterocycles. The first-order valence-electron chi connectivity index (χ1n) is 5.19. The third kappa shape index (κ3) is 1.79. The van der Waals surface area contributed by atoms with Gasteiger partial charge in [0.2, 0.25) is 0 Å². The predicted octanol–water partition coefficient (Wildman–Crippen LogP) is 3.06. The Morgan fingerprint density at radius 2 is 1.79 bits per heavy atom. The summed E-state index contributed by atoms with van der Waals surface area (Å²) in [5, 5.41) is 12.5. The van der Waals surface area contributed by atoms with Gasteiger partial charge < -0.3 is 5.21 Å². The molecule has 1 aromatic carbocycles. The quantitative estimate of drug-likeness (QED) is 0.433. The molecule has 1 aliphatic carbocycles. The number of hydrogen-bond acceptors (Lipinski definition) is 2. The smallest absolute Gasteiger partial charge is 0.0898 e. The monoisotopic (exact) mass is 189 g/mol. The minimum Gasteiger partial charge on any atom is -0.411 e. The van der Waals surface area contributed by atoms with Gasteiger partial charge in [0.1, 0.15) is 0 Å². The Morgan fingerprint density at radius 1 is 1.14 bits per heavy atom. The van der Waals surface area contributed by atoms with E-state index < -0.39 is 0 Å². The average Bonchev–Trinajstić information content (AvgIpc) is 2.74. The third-order valence-electron chi connectivity index (χ3n) is 2.92. The molecule has 0 radical (unpaired) electrons. The molecule has 0 spiro atoms. The highest BCUT2D eigenvalue weighted by molar-refractivity contribution is 6.01. The SMILES string of the molecule is ON=C(c1ccccc1)C1CCCC1. The number of rotatable bonds is 2. The predicted molar refractivity (Wildman–Crippen MR) is 56.7 cm³/mol. The van der Waals surface area contributed by atoms with Crippen molar-refractivity contribution in [3.63, 3.8) is 0 Å². The summed E-state index contributed by atoms with van der Waals surface area (Å²) in [6.07, 6.45) is 4.84. The normalized spacial score (nSPS) is 18.7. The molecule has 1 N–H and O–H groups in total. The molecule has 1 fully saturated rings. The van der Waals surface area contributed by atoms with Crippen molar-refractivity contribution in [3.05, 3.63) is 35.9 Å². The van der Waals surface area contributed by atoms with Crippen molar-refractivity contribution in [3.8, 4) is 0 Å². The molecule has 0 bridgehead atoms. The van der Waals surface area contributed by atoms with Gasteiger partial charge in [-0.3, -0.25) is 0 Å². The Bertz CT molecular complexity index is 312. The van der Waals surface area contributed by atoms with Gasteiger partial charge >= 0.3 is 0 Å². The van der Waals surface area contributed by atoms with E-state index in [1.807, 2.05) is 30.3 Å². The van der Waals surface area contributed by atoms with Gasteiger partial charge in [-0.2, -0.15) is 0 Å². The molecular weight excluding hydrogens is 174 g/mol. The van der Waals surface area contributed by atoms with Crippen molar-refractivity contribution in [2.75, 3.05) is 0 Å².